The SMILES string of the molecule is COc1ccc2cc(C(C)CC(C)=O)cc(F)c2c1. The molecule has 0 N–H and O–H groups in total. The number of ketones is 1. The Morgan fingerprint density at radius 2 is 2.05 bits per heavy atom. The number of carbonyl (C=O) groups excluding carboxylic acids is 1. The molecule has 2 nitrogen and oxygen atoms in total. The van der Waals surface area contributed by atoms with Gasteiger partial charge in [0.1, 0.15) is 17.3 Å². The third kappa shape index (κ3) is 2.92. The van der Waals surface area contributed by atoms with Crippen molar-refractivity contribution in [2.45, 2.75) is 26.2 Å². The van der Waals surface area contributed by atoms with E-state index in [9.17, 15) is 9.18 Å². The van der Waals surface area contributed by atoms with Crippen molar-refractivity contribution in [3.05, 3.63) is 41.7 Å². The molecule has 0 saturated carbocycles. The van der Waals surface area contributed by atoms with E-state index in [1.807, 2.05) is 19.1 Å². The largest absolute Gasteiger partial charge is 0.497 e. The molecule has 0 bridgehead atoms. The molecular weight excluding hydrogens is 243 g/mol. The van der Waals surface area contributed by atoms with E-state index in [0.717, 1.165) is 10.9 Å². The molecule has 1 atom stereocenters. The summed E-state index contributed by atoms with van der Waals surface area (Å²) in [6.45, 7) is 3.49. The quantitative estimate of drug-likeness (QED) is 0.828. The molecule has 0 aromatic heterocycles. The van der Waals surface area contributed by atoms with Crippen LogP contribution in [0.3, 0.4) is 0 Å². The first-order chi connectivity index (χ1) is 9.01. The van der Waals surface area contributed by atoms with Gasteiger partial charge in [-0.15, -0.1) is 0 Å². The minimum atomic E-state index is -0.276. The molecule has 19 heavy (non-hydrogen) atoms. The third-order valence-electron chi connectivity index (χ3n) is 3.30. The minimum Gasteiger partial charge on any atom is -0.497 e. The Kier molecular flexibility index (Phi) is 3.84. The Morgan fingerprint density at radius 3 is 2.68 bits per heavy atom. The first-order valence-electron chi connectivity index (χ1n) is 6.28. The minimum absolute atomic E-state index is 0.0264. The molecule has 3 heteroatoms. The maximum absolute atomic E-state index is 14.1. The molecule has 0 saturated heterocycles. The summed E-state index contributed by atoms with van der Waals surface area (Å²) in [6, 6.07) is 8.77. The van der Waals surface area contributed by atoms with E-state index in [-0.39, 0.29) is 17.5 Å². The van der Waals surface area contributed by atoms with E-state index >= 15 is 0 Å². The maximum atomic E-state index is 14.1. The summed E-state index contributed by atoms with van der Waals surface area (Å²) in [7, 11) is 1.56. The van der Waals surface area contributed by atoms with Gasteiger partial charge in [0.15, 0.2) is 0 Å². The molecule has 2 aromatic rings. The van der Waals surface area contributed by atoms with E-state index in [2.05, 4.69) is 0 Å². The van der Waals surface area contributed by atoms with Crippen LogP contribution in [0, 0.1) is 5.82 Å². The van der Waals surface area contributed by atoms with Crippen LogP contribution < -0.4 is 4.74 Å². The predicted octanol–water partition coefficient (Wildman–Crippen LogP) is 4.07. The van der Waals surface area contributed by atoms with Crippen molar-refractivity contribution in [3.8, 4) is 5.75 Å². The summed E-state index contributed by atoms with van der Waals surface area (Å²) in [6.07, 6.45) is 0.432. The number of ether oxygens (including phenoxy) is 1. The molecule has 0 fully saturated rings. The molecule has 0 radical (unpaired) electrons. The summed E-state index contributed by atoms with van der Waals surface area (Å²) < 4.78 is 19.2. The molecule has 0 heterocycles. The fraction of sp³-hybridized carbons (Fsp3) is 0.312. The number of methoxy groups -OCH3 is 1. The molecule has 100 valence electrons. The van der Waals surface area contributed by atoms with Crippen molar-refractivity contribution in [3.63, 3.8) is 0 Å². The fourth-order valence-electron chi connectivity index (χ4n) is 2.27. The lowest BCUT2D eigenvalue weighted by Crippen LogP contribution is -2.01. The van der Waals surface area contributed by atoms with Crippen molar-refractivity contribution < 1.29 is 13.9 Å². The van der Waals surface area contributed by atoms with Crippen molar-refractivity contribution in [2.24, 2.45) is 0 Å². The van der Waals surface area contributed by atoms with Gasteiger partial charge in [-0.25, -0.2) is 4.39 Å². The number of hydrogen-bond acceptors (Lipinski definition) is 2. The average molecular weight is 260 g/mol. The Morgan fingerprint density at radius 1 is 1.32 bits per heavy atom. The highest BCUT2D eigenvalue weighted by Gasteiger charge is 2.12. The third-order valence-corrected chi connectivity index (χ3v) is 3.30. The van der Waals surface area contributed by atoms with Crippen molar-refractivity contribution in [1.82, 2.24) is 0 Å². The molecule has 0 aliphatic heterocycles. The van der Waals surface area contributed by atoms with E-state index < -0.39 is 0 Å². The van der Waals surface area contributed by atoms with Crippen LogP contribution in [0.5, 0.6) is 5.75 Å². The lowest BCUT2D eigenvalue weighted by molar-refractivity contribution is -0.117. The Labute approximate surface area is 112 Å². The van der Waals surface area contributed by atoms with Gasteiger partial charge in [-0.3, -0.25) is 0 Å². The normalized spacial score (nSPS) is 12.4. The topological polar surface area (TPSA) is 26.3 Å². The van der Waals surface area contributed by atoms with Crippen LogP contribution >= 0.6 is 0 Å². The summed E-state index contributed by atoms with van der Waals surface area (Å²) in [5.41, 5.74) is 0.852. The highest BCUT2D eigenvalue weighted by molar-refractivity contribution is 5.85. The number of fused-ring (bicyclic) bond motifs is 1. The van der Waals surface area contributed by atoms with Gasteiger partial charge in [0, 0.05) is 11.8 Å². The zero-order valence-electron chi connectivity index (χ0n) is 11.4. The summed E-state index contributed by atoms with van der Waals surface area (Å²) in [5, 5.41) is 1.37. The van der Waals surface area contributed by atoms with E-state index in [0.29, 0.717) is 17.6 Å². The van der Waals surface area contributed by atoms with Gasteiger partial charge in [0.25, 0.3) is 0 Å². The van der Waals surface area contributed by atoms with Gasteiger partial charge in [-0.2, -0.15) is 0 Å². The van der Waals surface area contributed by atoms with Crippen molar-refractivity contribution in [1.29, 1.82) is 0 Å². The molecule has 1 unspecified atom stereocenters. The zero-order chi connectivity index (χ0) is 14.0. The van der Waals surface area contributed by atoms with Crippen LogP contribution in [-0.4, -0.2) is 12.9 Å². The zero-order valence-corrected chi connectivity index (χ0v) is 11.4. The fourth-order valence-corrected chi connectivity index (χ4v) is 2.27. The summed E-state index contributed by atoms with van der Waals surface area (Å²) in [5.74, 6) is 0.499. The second-order valence-electron chi connectivity index (χ2n) is 4.90. The molecule has 0 aliphatic carbocycles. The van der Waals surface area contributed by atoms with Gasteiger partial charge >= 0.3 is 0 Å². The van der Waals surface area contributed by atoms with Crippen molar-refractivity contribution >= 4 is 16.6 Å². The van der Waals surface area contributed by atoms with Crippen LogP contribution in [0.15, 0.2) is 30.3 Å². The molecule has 2 aromatic carbocycles. The van der Waals surface area contributed by atoms with Crippen LogP contribution in [0.2, 0.25) is 0 Å². The molecular formula is C16H17FO2. The van der Waals surface area contributed by atoms with Crippen LogP contribution in [0.1, 0.15) is 31.7 Å². The second kappa shape index (κ2) is 5.39. The van der Waals surface area contributed by atoms with Crippen molar-refractivity contribution in [2.75, 3.05) is 7.11 Å². The molecule has 0 aliphatic rings. The van der Waals surface area contributed by atoms with E-state index in [1.165, 1.54) is 6.07 Å². The average Bonchev–Trinajstić information content (AvgIpc) is 2.37. The van der Waals surface area contributed by atoms with E-state index in [4.69, 9.17) is 4.74 Å². The maximum Gasteiger partial charge on any atom is 0.131 e. The summed E-state index contributed by atoms with van der Waals surface area (Å²) in [4.78, 5) is 11.1. The van der Waals surface area contributed by atoms with Gasteiger partial charge in [0.2, 0.25) is 0 Å². The first-order valence-corrected chi connectivity index (χ1v) is 6.28. The van der Waals surface area contributed by atoms with Gasteiger partial charge in [0.05, 0.1) is 7.11 Å². The number of hydrogen-bond donors (Lipinski definition) is 0. The smallest absolute Gasteiger partial charge is 0.131 e. The highest BCUT2D eigenvalue weighted by Crippen LogP contribution is 2.28. The molecule has 0 amide bonds. The van der Waals surface area contributed by atoms with Gasteiger partial charge in [-0.1, -0.05) is 19.1 Å². The first kappa shape index (κ1) is 13.5. The summed E-state index contributed by atoms with van der Waals surface area (Å²) >= 11 is 0. The monoisotopic (exact) mass is 260 g/mol. The molecule has 2 rings (SSSR count). The van der Waals surface area contributed by atoms with Crippen LogP contribution in [-0.2, 0) is 4.79 Å². The Balaban J connectivity index is 2.47. The lowest BCUT2D eigenvalue weighted by atomic mass is 9.93. The number of rotatable bonds is 4. The van der Waals surface area contributed by atoms with Crippen LogP contribution in [0.25, 0.3) is 10.8 Å². The Bertz CT molecular complexity index is 619. The molecule has 0 spiro atoms. The predicted molar refractivity (Wildman–Crippen MR) is 74.2 cm³/mol. The Hall–Kier alpha value is -1.90. The van der Waals surface area contributed by atoms with Crippen LogP contribution in [0.4, 0.5) is 4.39 Å². The number of carbonyl (C=O) groups is 1. The number of halogens is 1. The van der Waals surface area contributed by atoms with Gasteiger partial charge in [-0.05, 0) is 42.0 Å². The number of benzene rings is 2. The highest BCUT2D eigenvalue weighted by atomic mass is 19.1. The number of Topliss-reactive ketones (excluding diaryl/α,β-unsaturated/α-hetero) is 1. The van der Waals surface area contributed by atoms with Gasteiger partial charge < -0.3 is 9.53 Å². The second-order valence-corrected chi connectivity index (χ2v) is 4.90. The standard InChI is InChI=1S/C16H17FO2/c1-10(6-11(2)18)13-7-12-4-5-14(19-3)9-15(12)16(17)8-13/h4-5,7-10H,6H2,1-3H3. The van der Waals surface area contributed by atoms with E-state index in [1.54, 1.807) is 26.2 Å². The lowest BCUT2D eigenvalue weighted by Gasteiger charge is -2.12.